The van der Waals surface area contributed by atoms with Gasteiger partial charge in [-0.3, -0.25) is 7.32 Å². The summed E-state index contributed by atoms with van der Waals surface area (Å²) in [6.07, 6.45) is 0. The van der Waals surface area contributed by atoms with Crippen LogP contribution in [0.3, 0.4) is 0 Å². The predicted octanol–water partition coefficient (Wildman–Crippen LogP) is -4.71. The fourth-order valence-corrected chi connectivity index (χ4v) is 0. The minimum absolute atomic E-state index is 0. The average molecular weight is 173 g/mol. The van der Waals surface area contributed by atoms with Crippen molar-refractivity contribution in [1.29, 1.82) is 0 Å². The van der Waals surface area contributed by atoms with E-state index in [1.165, 1.54) is 0 Å². The summed E-state index contributed by atoms with van der Waals surface area (Å²) in [5.74, 6) is 0. The van der Waals surface area contributed by atoms with Crippen LogP contribution >= 0.6 is 0 Å². The molecule has 0 saturated carbocycles. The van der Waals surface area contributed by atoms with Crippen LogP contribution in [-0.2, 0) is 0 Å². The molecule has 3 nitrogen and oxygen atoms in total. The van der Waals surface area contributed by atoms with Crippen molar-refractivity contribution in [1.82, 2.24) is 0 Å². The van der Waals surface area contributed by atoms with E-state index in [0.717, 1.165) is 0 Å². The molecule has 0 saturated heterocycles. The molecule has 0 heterocycles. The first-order valence-corrected chi connectivity index (χ1v) is 0.707. The Morgan fingerprint density at radius 2 is 1.00 bits per heavy atom. The van der Waals surface area contributed by atoms with Crippen molar-refractivity contribution in [3.8, 4) is 0 Å². The Labute approximate surface area is 83.9 Å². The summed E-state index contributed by atoms with van der Waals surface area (Å²) in [6, 6.07) is 0. The number of hydrogen-bond donors (Lipinski definition) is 0. The molecule has 0 unspecified atom stereocenters. The Morgan fingerprint density at radius 3 is 1.00 bits per heavy atom. The molecule has 0 aromatic heterocycles. The molecule has 0 aliphatic carbocycles. The van der Waals surface area contributed by atoms with E-state index in [2.05, 4.69) is 0 Å². The zero-order valence-corrected chi connectivity index (χ0v) is 7.72. The molecule has 0 amide bonds. The third kappa shape index (κ3) is 38.2. The van der Waals surface area contributed by atoms with Crippen molar-refractivity contribution in [3.05, 3.63) is 0 Å². The van der Waals surface area contributed by atoms with Gasteiger partial charge in [0.25, 0.3) is 0 Å². The maximum Gasteiger partial charge on any atom is 3.00 e. The van der Waals surface area contributed by atoms with E-state index in [-0.39, 0.29) is 62.8 Å². The summed E-state index contributed by atoms with van der Waals surface area (Å²) in [6.45, 7) is 0. The second kappa shape index (κ2) is 10.0. The van der Waals surface area contributed by atoms with Crippen molar-refractivity contribution in [2.75, 3.05) is 0 Å². The van der Waals surface area contributed by atoms with Crippen LogP contribution in [0.25, 0.3) is 0 Å². The van der Waals surface area contributed by atoms with Crippen LogP contribution in [0.1, 0.15) is 0 Å². The van der Waals surface area contributed by atoms with Gasteiger partial charge in [0.1, 0.15) is 0 Å². The Hall–Kier alpha value is 1.96. The van der Waals surface area contributed by atoms with Crippen molar-refractivity contribution in [2.24, 2.45) is 0 Å². The van der Waals surface area contributed by atoms with Gasteiger partial charge < -0.3 is 15.1 Å². The monoisotopic (exact) mass is 174 g/mol. The summed E-state index contributed by atoms with van der Waals surface area (Å²) < 4.78 is 0. The maximum atomic E-state index is 8.42. The molecule has 0 fully saturated rings. The molecular formula is AlBO3Sr+2. The predicted molar refractivity (Wildman–Crippen MR) is 17.3 cm³/mol. The number of rotatable bonds is 0. The van der Waals surface area contributed by atoms with Crippen molar-refractivity contribution in [2.45, 2.75) is 0 Å². The van der Waals surface area contributed by atoms with Crippen molar-refractivity contribution >= 4 is 70.2 Å². The van der Waals surface area contributed by atoms with E-state index in [0.29, 0.717) is 0 Å². The molecule has 0 aliphatic heterocycles. The van der Waals surface area contributed by atoms with E-state index in [9.17, 15) is 0 Å². The quantitative estimate of drug-likeness (QED) is 0.346. The molecule has 0 radical (unpaired) electrons. The van der Waals surface area contributed by atoms with E-state index < -0.39 is 7.32 Å². The Kier molecular flexibility index (Phi) is 26.2. The smallest absolute Gasteiger partial charge is 0.907 e. The van der Waals surface area contributed by atoms with Crippen LogP contribution in [0.5, 0.6) is 0 Å². The molecular weight excluding hydrogens is 173 g/mol. The normalized spacial score (nSPS) is 4.50. The second-order valence-electron chi connectivity index (χ2n) is 0.289. The van der Waals surface area contributed by atoms with E-state index in [1.807, 2.05) is 0 Å². The minimum Gasteiger partial charge on any atom is -0.907 e. The van der Waals surface area contributed by atoms with E-state index in [1.54, 1.807) is 0 Å². The maximum absolute atomic E-state index is 8.42. The summed E-state index contributed by atoms with van der Waals surface area (Å²) in [5.41, 5.74) is 0. The van der Waals surface area contributed by atoms with Gasteiger partial charge in [-0.05, 0) is 0 Å². The second-order valence-corrected chi connectivity index (χ2v) is 0.289. The molecule has 0 rings (SSSR count). The van der Waals surface area contributed by atoms with Crippen LogP contribution in [0.2, 0.25) is 0 Å². The first kappa shape index (κ1) is 15.7. The molecule has 0 spiro atoms. The fraction of sp³-hybridized carbons (Fsp3) is 0. The summed E-state index contributed by atoms with van der Waals surface area (Å²) in [4.78, 5) is 0. The SMILES string of the molecule is [Al+3].[O-]B([O-])[O-].[Sr+2]. The molecule has 0 aromatic rings. The minimum atomic E-state index is -2.92. The Morgan fingerprint density at radius 1 is 1.00 bits per heavy atom. The summed E-state index contributed by atoms with van der Waals surface area (Å²) in [5, 5.41) is 25.2. The van der Waals surface area contributed by atoms with Crippen molar-refractivity contribution in [3.63, 3.8) is 0 Å². The molecule has 0 bridgehead atoms. The summed E-state index contributed by atoms with van der Waals surface area (Å²) in [7, 11) is -2.92. The van der Waals surface area contributed by atoms with Gasteiger partial charge in [0.15, 0.2) is 0 Å². The van der Waals surface area contributed by atoms with Gasteiger partial charge in [-0.25, -0.2) is 0 Å². The Balaban J connectivity index is -0.0000000450. The van der Waals surface area contributed by atoms with Gasteiger partial charge in [-0.1, -0.05) is 0 Å². The van der Waals surface area contributed by atoms with E-state index >= 15 is 0 Å². The first-order valence-electron chi connectivity index (χ1n) is 0.707. The van der Waals surface area contributed by atoms with Crippen LogP contribution in [0.15, 0.2) is 0 Å². The average Bonchev–Trinajstić information content (AvgIpc) is 0.811. The largest absolute Gasteiger partial charge is 3.00 e. The molecule has 0 atom stereocenters. The Bertz CT molecular complexity index is 15.5. The van der Waals surface area contributed by atoms with Crippen LogP contribution in [-0.4, -0.2) is 70.2 Å². The molecule has 0 N–H and O–H groups in total. The molecule has 0 aliphatic rings. The van der Waals surface area contributed by atoms with Crippen LogP contribution < -0.4 is 15.1 Å². The molecule has 6 heavy (non-hydrogen) atoms. The van der Waals surface area contributed by atoms with Crippen molar-refractivity contribution < 1.29 is 15.1 Å². The van der Waals surface area contributed by atoms with Gasteiger partial charge >= 0.3 is 62.8 Å². The van der Waals surface area contributed by atoms with Gasteiger partial charge in [0, 0.05) is 0 Å². The number of hydrogen-bond acceptors (Lipinski definition) is 3. The molecule has 0 aromatic carbocycles. The van der Waals surface area contributed by atoms with Gasteiger partial charge in [-0.15, -0.1) is 0 Å². The zero-order valence-electron chi connectivity index (χ0n) is 3.09. The molecule has 24 valence electrons. The van der Waals surface area contributed by atoms with Crippen LogP contribution in [0, 0.1) is 0 Å². The van der Waals surface area contributed by atoms with Gasteiger partial charge in [-0.2, -0.15) is 0 Å². The third-order valence-corrected chi connectivity index (χ3v) is 0. The van der Waals surface area contributed by atoms with Gasteiger partial charge in [0.2, 0.25) is 0 Å². The topological polar surface area (TPSA) is 69.2 Å². The third-order valence-electron chi connectivity index (χ3n) is 0. The van der Waals surface area contributed by atoms with Crippen LogP contribution in [0.4, 0.5) is 0 Å². The van der Waals surface area contributed by atoms with Gasteiger partial charge in [0.05, 0.1) is 0 Å². The summed E-state index contributed by atoms with van der Waals surface area (Å²) >= 11 is 0. The zero-order chi connectivity index (χ0) is 3.58. The first-order chi connectivity index (χ1) is 1.73. The van der Waals surface area contributed by atoms with E-state index in [4.69, 9.17) is 15.1 Å². The standard InChI is InChI=1S/Al.BO3.Sr/c;2-1(3)4;/q+3;-3;+2. The fourth-order valence-electron chi connectivity index (χ4n) is 0. The molecule has 6 heteroatoms.